The van der Waals surface area contributed by atoms with Crippen LogP contribution in [0.2, 0.25) is 0 Å². The Bertz CT molecular complexity index is 1210. The number of nitrogens with zero attached hydrogens (tertiary/aromatic N) is 2. The second kappa shape index (κ2) is 21.5. The van der Waals surface area contributed by atoms with Gasteiger partial charge in [0.2, 0.25) is 17.7 Å². The maximum Gasteiger partial charge on any atom is 0.409 e. The van der Waals surface area contributed by atoms with E-state index in [-0.39, 0.29) is 42.7 Å². The molecule has 0 fully saturated rings. The first-order valence-electron chi connectivity index (χ1n) is 16.6. The average Bonchev–Trinajstić information content (AvgIpc) is 3.37. The number of unbranched alkanes of at least 4 members (excludes halogenated alkanes) is 2. The molecule has 0 aliphatic carbocycles. The normalized spacial score (nSPS) is 15.2. The molecule has 1 aliphatic heterocycles. The van der Waals surface area contributed by atoms with Crippen LogP contribution in [-0.4, -0.2) is 110 Å². The van der Waals surface area contributed by atoms with Crippen LogP contribution in [0.4, 0.5) is 15.3 Å². The van der Waals surface area contributed by atoms with Crippen molar-refractivity contribution in [3.63, 3.8) is 0 Å². The fourth-order valence-corrected chi connectivity index (χ4v) is 4.93. The molecule has 2 rings (SSSR count). The Morgan fingerprint density at radius 3 is 2.40 bits per heavy atom. The number of urea groups is 1. The van der Waals surface area contributed by atoms with Crippen LogP contribution >= 0.6 is 0 Å². The van der Waals surface area contributed by atoms with Crippen molar-refractivity contribution in [2.45, 2.75) is 77.3 Å². The van der Waals surface area contributed by atoms with Crippen LogP contribution < -0.4 is 32.3 Å². The molecule has 1 heterocycles. The molecule has 0 bridgehead atoms. The molecule has 1 aliphatic rings. The molecular weight excluding hydrogens is 620 g/mol. The molecule has 8 N–H and O–H groups in total. The number of nitrogens with two attached hydrogens (primary N) is 1. The van der Waals surface area contributed by atoms with Crippen LogP contribution in [0, 0.1) is 5.92 Å². The van der Waals surface area contributed by atoms with Gasteiger partial charge in [-0.25, -0.2) is 9.59 Å². The first-order valence-corrected chi connectivity index (χ1v) is 16.6. The summed E-state index contributed by atoms with van der Waals surface area (Å²) >= 11 is 0. The van der Waals surface area contributed by atoms with E-state index in [1.165, 1.54) is 22.0 Å². The van der Waals surface area contributed by atoms with E-state index in [4.69, 9.17) is 10.5 Å². The molecule has 3 unspecified atom stereocenters. The molecule has 1 aromatic carbocycles. The van der Waals surface area contributed by atoms with Crippen LogP contribution in [0.15, 0.2) is 36.4 Å². The van der Waals surface area contributed by atoms with Gasteiger partial charge in [-0.1, -0.05) is 32.4 Å². The number of likely N-dealkylation sites (N-methyl/N-ethyl adjacent to an activating group) is 2. The highest BCUT2D eigenvalue weighted by atomic mass is 16.6. The third-order valence-corrected chi connectivity index (χ3v) is 7.83. The van der Waals surface area contributed by atoms with E-state index >= 15 is 0 Å². The molecule has 48 heavy (non-hydrogen) atoms. The van der Waals surface area contributed by atoms with Crippen LogP contribution in [-0.2, 0) is 25.7 Å². The molecule has 1 aromatic rings. The number of carbonyl (C=O) groups excluding carboxylic acids is 5. The zero-order chi connectivity index (χ0) is 35.5. The largest absolute Gasteiger partial charge is 0.445 e. The third-order valence-electron chi connectivity index (χ3n) is 7.83. The predicted octanol–water partition coefficient (Wildman–Crippen LogP) is 1.24. The Kier molecular flexibility index (Phi) is 17.8. The molecule has 15 heteroatoms. The summed E-state index contributed by atoms with van der Waals surface area (Å²) in [5.41, 5.74) is 6.82. The standard InChI is InChI=1S/C33H54N8O7/c1-23(2)30(39-27(42)10-6-5-7-19-41-28(43)15-16-29(41)44)31(45)38-26(9-8-17-36-32(34)46)21-37-25-13-11-24(12-14-25)22-48-33(47)40(4)20-18-35-3/h11-16,23,26,28,30,35,37,43H,5-10,17-22H2,1-4H3,(H,38,45)(H,39,42)(H3,34,36,46). The number of nitrogens with one attached hydrogen (secondary N) is 5. The van der Waals surface area contributed by atoms with Crippen LogP contribution in [0.5, 0.6) is 0 Å². The summed E-state index contributed by atoms with van der Waals surface area (Å²) in [4.78, 5) is 64.0. The number of aliphatic hydroxyl groups excluding tert-OH is 1. The van der Waals surface area contributed by atoms with Gasteiger partial charge < -0.3 is 52.0 Å². The van der Waals surface area contributed by atoms with Gasteiger partial charge in [0.25, 0.3) is 0 Å². The van der Waals surface area contributed by atoms with Gasteiger partial charge in [-0.15, -0.1) is 0 Å². The molecule has 0 spiro atoms. The summed E-state index contributed by atoms with van der Waals surface area (Å²) in [6.07, 6.45) is 4.75. The summed E-state index contributed by atoms with van der Waals surface area (Å²) in [5, 5.41) is 24.6. The zero-order valence-corrected chi connectivity index (χ0v) is 28.6. The van der Waals surface area contributed by atoms with E-state index in [9.17, 15) is 29.1 Å². The number of hydrogen-bond acceptors (Lipinski definition) is 9. The highest BCUT2D eigenvalue weighted by Gasteiger charge is 2.26. The minimum absolute atomic E-state index is 0.137. The monoisotopic (exact) mass is 674 g/mol. The second-order valence-corrected chi connectivity index (χ2v) is 12.2. The summed E-state index contributed by atoms with van der Waals surface area (Å²) in [6.45, 7) is 6.21. The van der Waals surface area contributed by atoms with Gasteiger partial charge in [0, 0.05) is 64.0 Å². The van der Waals surface area contributed by atoms with Gasteiger partial charge in [0.15, 0.2) is 0 Å². The number of hydrogen-bond donors (Lipinski definition) is 7. The Labute approximate surface area is 283 Å². The number of benzene rings is 1. The van der Waals surface area contributed by atoms with E-state index in [1.807, 2.05) is 45.2 Å². The van der Waals surface area contributed by atoms with Crippen LogP contribution in [0.1, 0.15) is 57.9 Å². The highest BCUT2D eigenvalue weighted by molar-refractivity contribution is 5.90. The van der Waals surface area contributed by atoms with Gasteiger partial charge in [0.1, 0.15) is 18.9 Å². The van der Waals surface area contributed by atoms with E-state index in [1.54, 1.807) is 7.05 Å². The molecular formula is C33H54N8O7. The first kappa shape index (κ1) is 39.8. The van der Waals surface area contributed by atoms with Crippen molar-refractivity contribution in [1.82, 2.24) is 31.1 Å². The topological polar surface area (TPSA) is 207 Å². The first-order chi connectivity index (χ1) is 22.9. The Balaban J connectivity index is 1.87. The van der Waals surface area contributed by atoms with Gasteiger partial charge in [-0.05, 0) is 62.4 Å². The fraction of sp³-hybridized carbons (Fsp3) is 0.606. The lowest BCUT2D eigenvalue weighted by Crippen LogP contribution is -2.53. The second-order valence-electron chi connectivity index (χ2n) is 12.2. The number of anilines is 1. The quantitative estimate of drug-likeness (QED) is 0.0882. The number of rotatable bonds is 22. The highest BCUT2D eigenvalue weighted by Crippen LogP contribution is 2.14. The molecule has 0 saturated heterocycles. The van der Waals surface area contributed by atoms with Crippen molar-refractivity contribution in [3.05, 3.63) is 42.0 Å². The molecule has 0 aromatic heterocycles. The minimum atomic E-state index is -0.894. The van der Waals surface area contributed by atoms with Crippen molar-refractivity contribution in [3.8, 4) is 0 Å². The lowest BCUT2D eigenvalue weighted by Gasteiger charge is -2.26. The van der Waals surface area contributed by atoms with Crippen LogP contribution in [0.3, 0.4) is 0 Å². The zero-order valence-electron chi connectivity index (χ0n) is 28.6. The molecule has 0 radical (unpaired) electrons. The van der Waals surface area contributed by atoms with Crippen molar-refractivity contribution in [2.75, 3.05) is 52.1 Å². The minimum Gasteiger partial charge on any atom is -0.445 e. The molecule has 268 valence electrons. The number of carbonyl (C=O) groups is 5. The Hall–Kier alpha value is -4.37. The number of ether oxygens (including phenoxy) is 1. The lowest BCUT2D eigenvalue weighted by molar-refractivity contribution is -0.131. The van der Waals surface area contributed by atoms with E-state index in [0.717, 1.165) is 11.3 Å². The maximum absolute atomic E-state index is 13.4. The summed E-state index contributed by atoms with van der Waals surface area (Å²) in [5.74, 6) is -0.933. The number of aliphatic hydroxyl groups is 1. The van der Waals surface area contributed by atoms with Crippen LogP contribution in [0.25, 0.3) is 0 Å². The maximum atomic E-state index is 13.4. The van der Waals surface area contributed by atoms with Crippen molar-refractivity contribution in [2.24, 2.45) is 11.7 Å². The summed E-state index contributed by atoms with van der Waals surface area (Å²) < 4.78 is 5.37. The third kappa shape index (κ3) is 15.0. The Morgan fingerprint density at radius 1 is 1.04 bits per heavy atom. The van der Waals surface area contributed by atoms with Gasteiger partial charge in [-0.3, -0.25) is 14.4 Å². The summed E-state index contributed by atoms with van der Waals surface area (Å²) in [7, 11) is 3.49. The smallest absolute Gasteiger partial charge is 0.409 e. The molecule has 15 nitrogen and oxygen atoms in total. The van der Waals surface area contributed by atoms with Crippen molar-refractivity contribution >= 4 is 35.5 Å². The van der Waals surface area contributed by atoms with Crippen molar-refractivity contribution in [1.29, 1.82) is 0 Å². The van der Waals surface area contributed by atoms with Gasteiger partial charge in [0.05, 0.1) is 0 Å². The van der Waals surface area contributed by atoms with Gasteiger partial charge in [-0.2, -0.15) is 0 Å². The van der Waals surface area contributed by atoms with Crippen molar-refractivity contribution < 1.29 is 33.8 Å². The van der Waals surface area contributed by atoms with E-state index < -0.39 is 24.4 Å². The van der Waals surface area contributed by atoms with E-state index in [2.05, 4.69) is 26.6 Å². The lowest BCUT2D eigenvalue weighted by atomic mass is 10.0. The number of primary amides is 1. The number of amides is 6. The summed E-state index contributed by atoms with van der Waals surface area (Å²) in [6, 6.07) is 5.74. The SMILES string of the molecule is CNCCN(C)C(=O)OCc1ccc(NCC(CCCNC(N)=O)NC(=O)C(NC(=O)CCCCCN2C(=O)C=CC2O)C(C)C)cc1. The van der Waals surface area contributed by atoms with Gasteiger partial charge >= 0.3 is 12.1 Å². The van der Waals surface area contributed by atoms with E-state index in [0.29, 0.717) is 64.8 Å². The molecule has 6 amide bonds. The molecule has 0 saturated carbocycles. The fourth-order valence-electron chi connectivity index (χ4n) is 4.93. The predicted molar refractivity (Wildman–Crippen MR) is 183 cm³/mol. The average molecular weight is 675 g/mol. The Morgan fingerprint density at radius 2 is 1.77 bits per heavy atom. The molecule has 3 atom stereocenters.